The molecule has 6 heteroatoms. The van der Waals surface area contributed by atoms with Gasteiger partial charge in [0.1, 0.15) is 5.82 Å². The van der Waals surface area contributed by atoms with Crippen LogP contribution in [0, 0.1) is 11.2 Å². The van der Waals surface area contributed by atoms with Crippen molar-refractivity contribution in [1.82, 2.24) is 10.6 Å². The van der Waals surface area contributed by atoms with E-state index in [2.05, 4.69) is 10.6 Å². The van der Waals surface area contributed by atoms with E-state index >= 15 is 0 Å². The number of hydrogen-bond donors (Lipinski definition) is 2. The molecule has 0 spiro atoms. The molecule has 1 aliphatic rings. The lowest BCUT2D eigenvalue weighted by molar-refractivity contribution is -0.123. The molecule has 1 aromatic carbocycles. The minimum atomic E-state index is -0.498. The van der Waals surface area contributed by atoms with Crippen molar-refractivity contribution in [3.05, 3.63) is 35.6 Å². The molecule has 1 atom stereocenters. The summed E-state index contributed by atoms with van der Waals surface area (Å²) in [6.45, 7) is 4.80. The van der Waals surface area contributed by atoms with Crippen LogP contribution in [-0.4, -0.2) is 39.3 Å². The average Bonchev–Trinajstić information content (AvgIpc) is 2.54. The summed E-state index contributed by atoms with van der Waals surface area (Å²) < 4.78 is 19.1. The van der Waals surface area contributed by atoms with Crippen molar-refractivity contribution >= 4 is 18.3 Å². The van der Waals surface area contributed by atoms with Gasteiger partial charge in [0.25, 0.3) is 0 Å². The summed E-state index contributed by atoms with van der Waals surface area (Å²) in [7, 11) is 1.69. The predicted molar refractivity (Wildman–Crippen MR) is 91.5 cm³/mol. The Morgan fingerprint density at radius 1 is 1.39 bits per heavy atom. The molecule has 1 unspecified atom stereocenters. The average molecular weight is 345 g/mol. The van der Waals surface area contributed by atoms with Crippen molar-refractivity contribution < 1.29 is 13.9 Å². The Morgan fingerprint density at radius 2 is 2.04 bits per heavy atom. The number of amides is 1. The fourth-order valence-electron chi connectivity index (χ4n) is 3.03. The molecule has 0 aliphatic carbocycles. The van der Waals surface area contributed by atoms with Crippen molar-refractivity contribution in [2.24, 2.45) is 5.41 Å². The highest BCUT2D eigenvalue weighted by atomic mass is 35.5. The first-order valence-electron chi connectivity index (χ1n) is 7.80. The summed E-state index contributed by atoms with van der Waals surface area (Å²) >= 11 is 0. The van der Waals surface area contributed by atoms with Crippen LogP contribution in [0.25, 0.3) is 0 Å². The number of piperidine rings is 1. The van der Waals surface area contributed by atoms with Crippen LogP contribution >= 0.6 is 12.4 Å². The number of benzene rings is 1. The van der Waals surface area contributed by atoms with E-state index in [1.54, 1.807) is 32.2 Å². The molecule has 1 amide bonds. The van der Waals surface area contributed by atoms with Gasteiger partial charge < -0.3 is 15.4 Å². The third kappa shape index (κ3) is 5.16. The largest absolute Gasteiger partial charge is 0.384 e. The first kappa shape index (κ1) is 19.9. The van der Waals surface area contributed by atoms with Gasteiger partial charge in [-0.25, -0.2) is 4.39 Å². The molecule has 0 aromatic heterocycles. The van der Waals surface area contributed by atoms with Crippen LogP contribution in [0.2, 0.25) is 0 Å². The van der Waals surface area contributed by atoms with Crippen LogP contribution in [-0.2, 0) is 9.53 Å². The third-order valence-corrected chi connectivity index (χ3v) is 4.52. The van der Waals surface area contributed by atoms with Crippen LogP contribution in [0.4, 0.5) is 4.39 Å². The van der Waals surface area contributed by atoms with Crippen LogP contribution in [0.3, 0.4) is 0 Å². The van der Waals surface area contributed by atoms with Gasteiger partial charge in [-0.05, 0) is 44.5 Å². The normalized spacial score (nSPS) is 17.9. The zero-order chi connectivity index (χ0) is 16.0. The van der Waals surface area contributed by atoms with Gasteiger partial charge in [0.2, 0.25) is 5.91 Å². The fraction of sp³-hybridized carbons (Fsp3) is 0.588. The van der Waals surface area contributed by atoms with E-state index in [1.165, 1.54) is 6.07 Å². The molecule has 23 heavy (non-hydrogen) atoms. The maximum absolute atomic E-state index is 13.8. The maximum atomic E-state index is 13.8. The second kappa shape index (κ2) is 9.21. The van der Waals surface area contributed by atoms with E-state index in [9.17, 15) is 9.18 Å². The minimum Gasteiger partial charge on any atom is -0.384 e. The molecule has 130 valence electrons. The van der Waals surface area contributed by atoms with Crippen LogP contribution in [0.5, 0.6) is 0 Å². The Kier molecular flexibility index (Phi) is 7.95. The van der Waals surface area contributed by atoms with E-state index in [0.29, 0.717) is 18.7 Å². The van der Waals surface area contributed by atoms with Crippen molar-refractivity contribution in [1.29, 1.82) is 0 Å². The number of halogens is 2. The Balaban J connectivity index is 0.00000264. The highest BCUT2D eigenvalue weighted by Gasteiger charge is 2.33. The molecular formula is C17H26ClFN2O2. The van der Waals surface area contributed by atoms with E-state index in [-0.39, 0.29) is 29.5 Å². The second-order valence-electron chi connectivity index (χ2n) is 6.14. The van der Waals surface area contributed by atoms with Crippen molar-refractivity contribution in [3.63, 3.8) is 0 Å². The van der Waals surface area contributed by atoms with Crippen LogP contribution < -0.4 is 10.6 Å². The minimum absolute atomic E-state index is 0. The van der Waals surface area contributed by atoms with Gasteiger partial charge in [-0.2, -0.15) is 0 Å². The molecule has 1 aromatic rings. The molecule has 2 N–H and O–H groups in total. The van der Waals surface area contributed by atoms with Gasteiger partial charge in [0.05, 0.1) is 12.5 Å². The molecular weight excluding hydrogens is 319 g/mol. The molecule has 1 aliphatic heterocycles. The Labute approximate surface area is 143 Å². The van der Waals surface area contributed by atoms with Gasteiger partial charge in [0, 0.05) is 19.1 Å². The predicted octanol–water partition coefficient (Wildman–Crippen LogP) is 2.48. The number of hydrogen-bond acceptors (Lipinski definition) is 3. The van der Waals surface area contributed by atoms with Gasteiger partial charge in [-0.1, -0.05) is 18.2 Å². The van der Waals surface area contributed by atoms with Gasteiger partial charge in [0.15, 0.2) is 0 Å². The SMILES string of the molecule is COCC1(CNC(=O)C(C)c2ccccc2F)CCNCC1.Cl. The summed E-state index contributed by atoms with van der Waals surface area (Å²) in [5.74, 6) is -0.972. The maximum Gasteiger partial charge on any atom is 0.227 e. The molecule has 0 radical (unpaired) electrons. The number of rotatable bonds is 6. The Morgan fingerprint density at radius 3 is 2.65 bits per heavy atom. The second-order valence-corrected chi connectivity index (χ2v) is 6.14. The number of ether oxygens (including phenoxy) is 1. The molecule has 2 rings (SSSR count). The van der Waals surface area contributed by atoms with Crippen LogP contribution in [0.1, 0.15) is 31.2 Å². The lowest BCUT2D eigenvalue weighted by Gasteiger charge is -2.37. The zero-order valence-electron chi connectivity index (χ0n) is 13.7. The van der Waals surface area contributed by atoms with Crippen molar-refractivity contribution in [3.8, 4) is 0 Å². The lowest BCUT2D eigenvalue weighted by Crippen LogP contribution is -2.47. The number of carbonyl (C=O) groups excluding carboxylic acids is 1. The first-order valence-corrected chi connectivity index (χ1v) is 7.80. The summed E-state index contributed by atoms with van der Waals surface area (Å²) in [6.07, 6.45) is 1.93. The summed E-state index contributed by atoms with van der Waals surface area (Å²) in [6, 6.07) is 6.43. The number of nitrogens with one attached hydrogen (secondary N) is 2. The van der Waals surface area contributed by atoms with Gasteiger partial charge in [-0.3, -0.25) is 4.79 Å². The van der Waals surface area contributed by atoms with E-state index in [1.807, 2.05) is 0 Å². The molecule has 4 nitrogen and oxygen atoms in total. The smallest absolute Gasteiger partial charge is 0.227 e. The molecule has 0 saturated carbocycles. The molecule has 0 bridgehead atoms. The molecule has 1 heterocycles. The summed E-state index contributed by atoms with van der Waals surface area (Å²) in [5, 5.41) is 6.31. The van der Waals surface area contributed by atoms with Crippen LogP contribution in [0.15, 0.2) is 24.3 Å². The van der Waals surface area contributed by atoms with E-state index in [0.717, 1.165) is 25.9 Å². The highest BCUT2D eigenvalue weighted by Crippen LogP contribution is 2.28. The van der Waals surface area contributed by atoms with Crippen molar-refractivity contribution in [2.45, 2.75) is 25.7 Å². The van der Waals surface area contributed by atoms with E-state index < -0.39 is 5.92 Å². The standard InChI is InChI=1S/C17H25FN2O2.ClH/c1-13(14-5-3-4-6-15(14)18)16(21)20-11-17(12-22-2)7-9-19-10-8-17;/h3-6,13,19H,7-12H2,1-2H3,(H,20,21);1H. The molecule has 1 saturated heterocycles. The third-order valence-electron chi connectivity index (χ3n) is 4.52. The summed E-state index contributed by atoms with van der Waals surface area (Å²) in [4.78, 5) is 12.4. The number of methoxy groups -OCH3 is 1. The zero-order valence-corrected chi connectivity index (χ0v) is 14.5. The lowest BCUT2D eigenvalue weighted by atomic mass is 9.79. The topological polar surface area (TPSA) is 50.4 Å². The first-order chi connectivity index (χ1) is 10.6. The van der Waals surface area contributed by atoms with Crippen molar-refractivity contribution in [2.75, 3.05) is 33.4 Å². The summed E-state index contributed by atoms with van der Waals surface area (Å²) in [5.41, 5.74) is 0.413. The van der Waals surface area contributed by atoms with Gasteiger partial charge >= 0.3 is 0 Å². The molecule has 1 fully saturated rings. The quantitative estimate of drug-likeness (QED) is 0.833. The number of carbonyl (C=O) groups is 1. The van der Waals surface area contributed by atoms with E-state index in [4.69, 9.17) is 4.74 Å². The highest BCUT2D eigenvalue weighted by molar-refractivity contribution is 5.85. The Bertz CT molecular complexity index is 502. The monoisotopic (exact) mass is 344 g/mol. The fourth-order valence-corrected chi connectivity index (χ4v) is 3.03. The van der Waals surface area contributed by atoms with Gasteiger partial charge in [-0.15, -0.1) is 12.4 Å². The Hall–Kier alpha value is -1.17.